The average Bonchev–Trinajstić information content (AvgIpc) is 3.46. The van der Waals surface area contributed by atoms with E-state index in [4.69, 9.17) is 0 Å². The first-order valence-corrected chi connectivity index (χ1v) is 13.0. The van der Waals surface area contributed by atoms with E-state index in [0.29, 0.717) is 24.7 Å². The Hall–Kier alpha value is -3.53. The molecular formula is C36H40O3Ti. The summed E-state index contributed by atoms with van der Waals surface area (Å²) in [6, 6.07) is 21.0. The molecule has 1 aliphatic rings. The second-order valence-corrected chi connectivity index (χ2v) is 9.75. The van der Waals surface area contributed by atoms with E-state index in [1.54, 1.807) is 54.6 Å². The summed E-state index contributed by atoms with van der Waals surface area (Å²) in [5.41, 5.74) is 4.10. The standard InChI is InChI=1S/3C9H10O.C9H13.Ti/c3*1-2-5-8-6-3-4-7-9(8)10;1-9(2,3)8-6-4-5-7-8;/h3*2-4,6-7,10H,1,5H2;4,6H,5H2,1-3H3;/q;;;-1;+4/p-3. The largest absolute Gasteiger partial charge is 4.00 e. The van der Waals surface area contributed by atoms with Gasteiger partial charge >= 0.3 is 21.7 Å². The molecule has 40 heavy (non-hydrogen) atoms. The third-order valence-electron chi connectivity index (χ3n) is 5.51. The molecule has 3 nitrogen and oxygen atoms in total. The summed E-state index contributed by atoms with van der Waals surface area (Å²) in [5, 5.41) is 32.9. The van der Waals surface area contributed by atoms with Crippen LogP contribution in [0.15, 0.2) is 128 Å². The maximum Gasteiger partial charge on any atom is 4.00 e. The molecule has 0 bridgehead atoms. The van der Waals surface area contributed by atoms with Crippen LogP contribution in [0, 0.1) is 11.5 Å². The molecule has 0 radical (unpaired) electrons. The summed E-state index contributed by atoms with van der Waals surface area (Å²) in [5.74, 6) is 0.298. The van der Waals surface area contributed by atoms with E-state index in [0.717, 1.165) is 23.1 Å². The van der Waals surface area contributed by atoms with Crippen molar-refractivity contribution in [2.24, 2.45) is 5.41 Å². The number of hydrogen-bond acceptors (Lipinski definition) is 3. The van der Waals surface area contributed by atoms with E-state index in [1.165, 1.54) is 5.57 Å². The molecule has 0 fully saturated rings. The molecule has 0 saturated carbocycles. The van der Waals surface area contributed by atoms with Gasteiger partial charge in [0, 0.05) is 0 Å². The molecule has 4 heteroatoms. The van der Waals surface area contributed by atoms with Gasteiger partial charge in [-0.3, -0.25) is 6.08 Å². The molecule has 0 amide bonds. The monoisotopic (exact) mass is 568 g/mol. The second-order valence-electron chi connectivity index (χ2n) is 9.75. The number of allylic oxidation sites excluding steroid dienone is 7. The molecule has 0 atom stereocenters. The van der Waals surface area contributed by atoms with Crippen molar-refractivity contribution < 1.29 is 37.0 Å². The Labute approximate surface area is 256 Å². The number of benzene rings is 3. The van der Waals surface area contributed by atoms with Crippen molar-refractivity contribution in [2.75, 3.05) is 0 Å². The number of rotatable bonds is 6. The predicted octanol–water partition coefficient (Wildman–Crippen LogP) is 7.19. The topological polar surface area (TPSA) is 69.2 Å². The average molecular weight is 569 g/mol. The fourth-order valence-electron chi connectivity index (χ4n) is 3.40. The Bertz CT molecular complexity index is 1110. The van der Waals surface area contributed by atoms with E-state index in [9.17, 15) is 15.3 Å². The molecule has 0 aliphatic heterocycles. The SMILES string of the molecule is C=CCc1ccccc1[O-].C=CCc1ccccc1[O-].C=CCc1ccccc1[O-].CC(C)(C)C1=[C-]CC=C1.[Ti+4]. The molecule has 206 valence electrons. The Morgan fingerprint density at radius 1 is 0.650 bits per heavy atom. The van der Waals surface area contributed by atoms with Crippen LogP contribution >= 0.6 is 0 Å². The minimum absolute atomic E-state index is 0. The van der Waals surface area contributed by atoms with Crippen molar-refractivity contribution in [3.63, 3.8) is 0 Å². The summed E-state index contributed by atoms with van der Waals surface area (Å²) in [6.07, 6.45) is 15.8. The van der Waals surface area contributed by atoms with Crippen LogP contribution in [0.25, 0.3) is 0 Å². The first-order chi connectivity index (χ1) is 18.6. The molecular weight excluding hydrogens is 528 g/mol. The summed E-state index contributed by atoms with van der Waals surface area (Å²) >= 11 is 0. The summed E-state index contributed by atoms with van der Waals surface area (Å²) < 4.78 is 0. The van der Waals surface area contributed by atoms with E-state index in [2.05, 4.69) is 58.7 Å². The van der Waals surface area contributed by atoms with Crippen molar-refractivity contribution in [3.05, 3.63) is 151 Å². The Balaban J connectivity index is 0.000000503. The van der Waals surface area contributed by atoms with Crippen LogP contribution in [0.5, 0.6) is 17.2 Å². The Kier molecular flexibility index (Phi) is 18.6. The molecule has 4 rings (SSSR count). The summed E-state index contributed by atoms with van der Waals surface area (Å²) in [6.45, 7) is 17.3. The molecule has 0 unspecified atom stereocenters. The van der Waals surface area contributed by atoms with E-state index >= 15 is 0 Å². The molecule has 0 N–H and O–H groups in total. The van der Waals surface area contributed by atoms with Gasteiger partial charge in [-0.2, -0.15) is 6.08 Å². The minimum Gasteiger partial charge on any atom is -0.872 e. The second kappa shape index (κ2) is 20.4. The van der Waals surface area contributed by atoms with Crippen molar-refractivity contribution in [3.8, 4) is 17.2 Å². The van der Waals surface area contributed by atoms with Crippen molar-refractivity contribution in [1.29, 1.82) is 0 Å². The fraction of sp³-hybridized carbons (Fsp3) is 0.222. The van der Waals surface area contributed by atoms with Gasteiger partial charge in [0.1, 0.15) is 0 Å². The molecule has 0 aromatic heterocycles. The quantitative estimate of drug-likeness (QED) is 0.180. The van der Waals surface area contributed by atoms with Crippen molar-refractivity contribution in [1.82, 2.24) is 0 Å². The third-order valence-corrected chi connectivity index (χ3v) is 5.51. The number of para-hydroxylation sites is 3. The number of hydrogen-bond donors (Lipinski definition) is 0. The zero-order valence-electron chi connectivity index (χ0n) is 24.0. The van der Waals surface area contributed by atoms with Gasteiger partial charge in [0.2, 0.25) is 0 Å². The van der Waals surface area contributed by atoms with Gasteiger partial charge in [-0.1, -0.05) is 128 Å². The maximum atomic E-state index is 11.0. The van der Waals surface area contributed by atoms with Crippen LogP contribution in [0.3, 0.4) is 0 Å². The maximum absolute atomic E-state index is 11.0. The zero-order chi connectivity index (χ0) is 29.1. The van der Waals surface area contributed by atoms with Gasteiger partial charge in [0.15, 0.2) is 0 Å². The van der Waals surface area contributed by atoms with Gasteiger partial charge in [-0.05, 0) is 24.7 Å². The predicted molar refractivity (Wildman–Crippen MR) is 159 cm³/mol. The van der Waals surface area contributed by atoms with Gasteiger partial charge < -0.3 is 15.3 Å². The van der Waals surface area contributed by atoms with Crippen LogP contribution in [-0.4, -0.2) is 0 Å². The van der Waals surface area contributed by atoms with E-state index in [-0.39, 0.29) is 39.0 Å². The van der Waals surface area contributed by atoms with Crippen LogP contribution in [-0.2, 0) is 41.0 Å². The normalized spacial score (nSPS) is 11.0. The van der Waals surface area contributed by atoms with Crippen LogP contribution in [0.1, 0.15) is 43.9 Å². The smallest absolute Gasteiger partial charge is 0.872 e. The molecule has 3 aromatic rings. The molecule has 0 spiro atoms. The molecule has 3 aromatic carbocycles. The van der Waals surface area contributed by atoms with E-state index in [1.807, 2.05) is 36.4 Å². The zero-order valence-corrected chi connectivity index (χ0v) is 25.6. The fourth-order valence-corrected chi connectivity index (χ4v) is 3.40. The minimum atomic E-state index is 0. The van der Waals surface area contributed by atoms with Gasteiger partial charge in [-0.15, -0.1) is 43.4 Å². The van der Waals surface area contributed by atoms with Crippen LogP contribution < -0.4 is 15.3 Å². The summed E-state index contributed by atoms with van der Waals surface area (Å²) in [7, 11) is 0. The van der Waals surface area contributed by atoms with Gasteiger partial charge in [0.05, 0.1) is 0 Å². The third kappa shape index (κ3) is 14.6. The van der Waals surface area contributed by atoms with Gasteiger partial charge in [-0.25, -0.2) is 11.6 Å². The first-order valence-electron chi connectivity index (χ1n) is 13.0. The van der Waals surface area contributed by atoms with E-state index < -0.39 is 0 Å². The first kappa shape index (κ1) is 36.5. The Morgan fingerprint density at radius 2 is 0.975 bits per heavy atom. The molecule has 0 heterocycles. The Morgan fingerprint density at radius 3 is 1.18 bits per heavy atom. The molecule has 1 aliphatic carbocycles. The van der Waals surface area contributed by atoms with Crippen molar-refractivity contribution in [2.45, 2.75) is 46.5 Å². The van der Waals surface area contributed by atoms with Crippen LogP contribution in [0.4, 0.5) is 0 Å². The van der Waals surface area contributed by atoms with Gasteiger partial charge in [0.25, 0.3) is 0 Å². The van der Waals surface area contributed by atoms with Crippen molar-refractivity contribution >= 4 is 0 Å². The summed E-state index contributed by atoms with van der Waals surface area (Å²) in [4.78, 5) is 0. The van der Waals surface area contributed by atoms with Crippen LogP contribution in [0.2, 0.25) is 0 Å². The molecule has 0 saturated heterocycles.